The van der Waals surface area contributed by atoms with E-state index in [1.54, 1.807) is 11.3 Å². The fraction of sp³-hybridized carbons (Fsp3) is 0.500. The van der Waals surface area contributed by atoms with E-state index in [1.165, 1.54) is 0 Å². The van der Waals surface area contributed by atoms with Crippen LogP contribution in [0, 0.1) is 18.3 Å². The fourth-order valence-corrected chi connectivity index (χ4v) is 6.05. The maximum atomic E-state index is 9.47. The molecule has 4 rings (SSSR count). The highest BCUT2D eigenvalue weighted by atomic mass is 35.5. The summed E-state index contributed by atoms with van der Waals surface area (Å²) in [6, 6.07) is 4.39. The summed E-state index contributed by atoms with van der Waals surface area (Å²) in [5, 5.41) is 14.4. The van der Waals surface area contributed by atoms with E-state index in [2.05, 4.69) is 46.8 Å². The number of rotatable bonds is 6. The Morgan fingerprint density at radius 3 is 2.83 bits per heavy atom. The number of hydrogen-bond acceptors (Lipinski definition) is 7. The van der Waals surface area contributed by atoms with Gasteiger partial charge in [0.1, 0.15) is 5.54 Å². The highest BCUT2D eigenvalue weighted by molar-refractivity contribution is 8.00. The first-order valence-corrected chi connectivity index (χ1v) is 11.7. The Labute approximate surface area is 183 Å². The van der Waals surface area contributed by atoms with Gasteiger partial charge >= 0.3 is 0 Å². The number of likely N-dealkylation sites (tertiary alicyclic amines) is 1. The molecule has 9 heteroatoms. The third-order valence-electron chi connectivity index (χ3n) is 5.45. The van der Waals surface area contributed by atoms with E-state index in [9.17, 15) is 5.26 Å². The number of nitrogens with zero attached hydrogens (tertiary/aromatic N) is 6. The smallest absolute Gasteiger partial charge is 0.223 e. The van der Waals surface area contributed by atoms with Crippen molar-refractivity contribution < 1.29 is 0 Å². The van der Waals surface area contributed by atoms with Crippen LogP contribution in [0.3, 0.4) is 0 Å². The average molecular weight is 447 g/mol. The molecule has 29 heavy (non-hydrogen) atoms. The first-order valence-electron chi connectivity index (χ1n) is 9.53. The van der Waals surface area contributed by atoms with Gasteiger partial charge in [0.25, 0.3) is 0 Å². The number of aromatic nitrogens is 4. The second-order valence-corrected chi connectivity index (χ2v) is 11.3. The van der Waals surface area contributed by atoms with E-state index in [0.29, 0.717) is 6.42 Å². The van der Waals surface area contributed by atoms with Gasteiger partial charge in [-0.05, 0) is 44.2 Å². The minimum Gasteiger partial charge on any atom is -0.284 e. The molecule has 3 aromatic rings. The van der Waals surface area contributed by atoms with Crippen molar-refractivity contribution in [1.82, 2.24) is 24.6 Å². The first-order chi connectivity index (χ1) is 13.8. The van der Waals surface area contributed by atoms with Gasteiger partial charge in [-0.3, -0.25) is 9.58 Å². The molecular weight excluding hydrogens is 424 g/mol. The van der Waals surface area contributed by atoms with Crippen molar-refractivity contribution in [3.05, 3.63) is 28.6 Å². The van der Waals surface area contributed by atoms with Crippen LogP contribution in [0.4, 0.5) is 0 Å². The van der Waals surface area contributed by atoms with Gasteiger partial charge in [-0.25, -0.2) is 9.97 Å². The minimum absolute atomic E-state index is 0.0462. The Bertz CT molecular complexity index is 1090. The van der Waals surface area contributed by atoms with Crippen molar-refractivity contribution in [2.45, 2.75) is 44.5 Å². The lowest BCUT2D eigenvalue weighted by molar-refractivity contribution is -0.0276. The predicted molar refractivity (Wildman–Crippen MR) is 120 cm³/mol. The predicted octanol–water partition coefficient (Wildman–Crippen LogP) is 4.93. The molecule has 1 fully saturated rings. The lowest BCUT2D eigenvalue weighted by Gasteiger charge is -2.55. The fourth-order valence-electron chi connectivity index (χ4n) is 3.90. The summed E-state index contributed by atoms with van der Waals surface area (Å²) in [4.78, 5) is 12.4. The van der Waals surface area contributed by atoms with Crippen molar-refractivity contribution >= 4 is 44.9 Å². The van der Waals surface area contributed by atoms with Gasteiger partial charge in [0.05, 0.1) is 39.5 Å². The maximum absolute atomic E-state index is 9.47. The van der Waals surface area contributed by atoms with Crippen LogP contribution in [0.2, 0.25) is 5.28 Å². The van der Waals surface area contributed by atoms with Crippen molar-refractivity contribution in [3.8, 4) is 17.3 Å². The van der Waals surface area contributed by atoms with Crippen LogP contribution in [-0.2, 0) is 5.54 Å². The second kappa shape index (κ2) is 7.55. The van der Waals surface area contributed by atoms with Crippen LogP contribution in [0.25, 0.3) is 21.5 Å². The van der Waals surface area contributed by atoms with E-state index < -0.39 is 0 Å². The van der Waals surface area contributed by atoms with Gasteiger partial charge in [-0.2, -0.15) is 10.4 Å². The van der Waals surface area contributed by atoms with E-state index in [-0.39, 0.29) is 15.7 Å². The monoisotopic (exact) mass is 446 g/mol. The number of fused-ring (bicyclic) bond motifs is 1. The zero-order valence-corrected chi connectivity index (χ0v) is 19.3. The molecule has 0 spiro atoms. The van der Waals surface area contributed by atoms with Crippen LogP contribution in [0.1, 0.15) is 32.1 Å². The molecule has 0 N–H and O–H groups in total. The molecule has 0 aliphatic carbocycles. The number of thioether (sulfide) groups is 1. The summed E-state index contributed by atoms with van der Waals surface area (Å²) in [6.45, 7) is 10.3. The van der Waals surface area contributed by atoms with Crippen LogP contribution < -0.4 is 0 Å². The first kappa shape index (κ1) is 20.6. The molecule has 1 aliphatic rings. The summed E-state index contributed by atoms with van der Waals surface area (Å²) in [6.07, 6.45) is 4.25. The van der Waals surface area contributed by atoms with E-state index >= 15 is 0 Å². The number of aryl methyl sites for hydroxylation is 1. The lowest BCUT2D eigenvalue weighted by atomic mass is 9.85. The van der Waals surface area contributed by atoms with E-state index in [0.717, 1.165) is 45.2 Å². The minimum atomic E-state index is -0.306. The van der Waals surface area contributed by atoms with Crippen LogP contribution in [0.5, 0.6) is 0 Å². The molecule has 0 aromatic carbocycles. The van der Waals surface area contributed by atoms with Crippen molar-refractivity contribution in [2.24, 2.45) is 0 Å². The van der Waals surface area contributed by atoms with Gasteiger partial charge in [-0.1, -0.05) is 6.92 Å². The molecule has 0 unspecified atom stereocenters. The summed E-state index contributed by atoms with van der Waals surface area (Å²) < 4.78 is 2.97. The largest absolute Gasteiger partial charge is 0.284 e. The Morgan fingerprint density at radius 2 is 2.14 bits per heavy atom. The SMILES string of the molecule is CCSC(C)(C)N1CC(CC#N)(n2cc(-c3nc(Cl)nc4cc(C)sc34)cn2)C1. The highest BCUT2D eigenvalue weighted by Crippen LogP contribution is 2.42. The zero-order valence-electron chi connectivity index (χ0n) is 16.9. The van der Waals surface area contributed by atoms with Crippen LogP contribution in [0.15, 0.2) is 18.5 Å². The summed E-state index contributed by atoms with van der Waals surface area (Å²) in [5.74, 6) is 1.06. The Hall–Kier alpha value is -1.66. The highest BCUT2D eigenvalue weighted by Gasteiger charge is 2.50. The standard InChI is InChI=1S/C20H23ClN6S2/c1-5-28-19(3,4)26-11-20(12-26,6-7-22)27-10-14(9-23-27)16-17-15(8-13(2)29-17)24-18(21)25-16/h8-10H,5-6,11-12H2,1-4H3. The Kier molecular flexibility index (Phi) is 5.36. The van der Waals surface area contributed by atoms with Crippen molar-refractivity contribution in [2.75, 3.05) is 18.8 Å². The van der Waals surface area contributed by atoms with Crippen molar-refractivity contribution in [3.63, 3.8) is 0 Å². The molecule has 0 saturated carbocycles. The van der Waals surface area contributed by atoms with Gasteiger partial charge < -0.3 is 0 Å². The topological polar surface area (TPSA) is 70.6 Å². The Balaban J connectivity index is 1.67. The van der Waals surface area contributed by atoms with Gasteiger partial charge in [0.15, 0.2) is 0 Å². The number of hydrogen-bond donors (Lipinski definition) is 0. The molecule has 1 aliphatic heterocycles. The zero-order chi connectivity index (χ0) is 20.8. The molecule has 0 radical (unpaired) electrons. The number of thiophene rings is 1. The number of nitriles is 1. The molecule has 0 bridgehead atoms. The van der Waals surface area contributed by atoms with Crippen LogP contribution >= 0.6 is 34.7 Å². The third-order valence-corrected chi connectivity index (χ3v) is 7.92. The summed E-state index contributed by atoms with van der Waals surface area (Å²) >= 11 is 9.75. The van der Waals surface area contributed by atoms with E-state index in [1.807, 2.05) is 41.8 Å². The molecule has 1 saturated heterocycles. The quantitative estimate of drug-likeness (QED) is 0.500. The molecule has 0 atom stereocenters. The normalized spacial score (nSPS) is 16.7. The second-order valence-electron chi connectivity index (χ2n) is 7.88. The average Bonchev–Trinajstić information content (AvgIpc) is 3.23. The maximum Gasteiger partial charge on any atom is 0.223 e. The third kappa shape index (κ3) is 3.66. The van der Waals surface area contributed by atoms with Gasteiger partial charge in [-0.15, -0.1) is 23.1 Å². The molecule has 152 valence electrons. The molecule has 0 amide bonds. The molecular formula is C20H23ClN6S2. The molecule has 4 heterocycles. The summed E-state index contributed by atoms with van der Waals surface area (Å²) in [5.41, 5.74) is 2.25. The molecule has 3 aromatic heterocycles. The van der Waals surface area contributed by atoms with E-state index in [4.69, 9.17) is 11.6 Å². The molecule has 6 nitrogen and oxygen atoms in total. The van der Waals surface area contributed by atoms with Crippen LogP contribution in [-0.4, -0.2) is 48.4 Å². The van der Waals surface area contributed by atoms with Crippen molar-refractivity contribution in [1.29, 1.82) is 5.26 Å². The Morgan fingerprint density at radius 1 is 1.38 bits per heavy atom. The van der Waals surface area contributed by atoms with Gasteiger partial charge in [0, 0.05) is 29.7 Å². The number of halogens is 1. The van der Waals surface area contributed by atoms with Gasteiger partial charge in [0.2, 0.25) is 5.28 Å². The summed E-state index contributed by atoms with van der Waals surface area (Å²) in [7, 11) is 0. The lowest BCUT2D eigenvalue weighted by Crippen LogP contribution is -2.67.